The molecule has 0 aromatic heterocycles. The Balaban J connectivity index is 1.37. The molecule has 2 atom stereocenters. The van der Waals surface area contributed by atoms with Crippen molar-refractivity contribution in [2.75, 3.05) is 19.6 Å². The van der Waals surface area contributed by atoms with Crippen LogP contribution in [0.15, 0.2) is 12.1 Å². The molecule has 0 N–H and O–H groups in total. The second-order valence-electron chi connectivity index (χ2n) is 10.4. The van der Waals surface area contributed by atoms with E-state index in [4.69, 9.17) is 0 Å². The first-order valence-corrected chi connectivity index (χ1v) is 12.7. The first-order chi connectivity index (χ1) is 15.8. The van der Waals surface area contributed by atoms with Crippen LogP contribution in [0.2, 0.25) is 0 Å². The van der Waals surface area contributed by atoms with E-state index < -0.39 is 0 Å². The molecule has 1 saturated heterocycles. The number of carbonyl (C=O) groups excluding carboxylic acids is 3. The molecule has 6 heteroatoms. The number of hydrogen-bond acceptors (Lipinski definition) is 4. The van der Waals surface area contributed by atoms with Crippen LogP contribution < -0.4 is 0 Å². The molecule has 3 fully saturated rings. The third-order valence-electron chi connectivity index (χ3n) is 7.97. The van der Waals surface area contributed by atoms with Gasteiger partial charge in [0.25, 0.3) is 0 Å². The second kappa shape index (κ2) is 10.5. The Bertz CT molecular complexity index is 909. The van der Waals surface area contributed by atoms with Gasteiger partial charge in [-0.2, -0.15) is 0 Å². The average Bonchev–Trinajstić information content (AvgIpc) is 3.43. The maximum absolute atomic E-state index is 14.5. The number of hydrogen-bond donors (Lipinski definition) is 0. The van der Waals surface area contributed by atoms with Crippen molar-refractivity contribution in [1.29, 1.82) is 0 Å². The fourth-order valence-electron chi connectivity index (χ4n) is 5.96. The van der Waals surface area contributed by atoms with Crippen LogP contribution in [-0.4, -0.2) is 52.9 Å². The van der Waals surface area contributed by atoms with Gasteiger partial charge in [-0.3, -0.25) is 19.3 Å². The lowest BCUT2D eigenvalue weighted by Gasteiger charge is -2.41. The van der Waals surface area contributed by atoms with Gasteiger partial charge in [-0.15, -0.1) is 0 Å². The Morgan fingerprint density at radius 2 is 1.79 bits per heavy atom. The predicted octanol–water partition coefficient (Wildman–Crippen LogP) is 4.23. The maximum Gasteiger partial charge on any atom is 0.226 e. The summed E-state index contributed by atoms with van der Waals surface area (Å²) in [4.78, 5) is 41.7. The molecule has 1 unspecified atom stereocenters. The maximum atomic E-state index is 14.5. The van der Waals surface area contributed by atoms with Crippen molar-refractivity contribution >= 4 is 17.5 Å². The van der Waals surface area contributed by atoms with Crippen molar-refractivity contribution in [3.05, 3.63) is 34.6 Å². The Morgan fingerprint density at radius 3 is 2.45 bits per heavy atom. The quantitative estimate of drug-likeness (QED) is 0.616. The van der Waals surface area contributed by atoms with E-state index in [2.05, 4.69) is 11.8 Å². The summed E-state index contributed by atoms with van der Waals surface area (Å²) in [5, 5.41) is 0. The summed E-state index contributed by atoms with van der Waals surface area (Å²) in [5.74, 6) is 0.253. The van der Waals surface area contributed by atoms with Gasteiger partial charge in [-0.05, 0) is 68.4 Å². The van der Waals surface area contributed by atoms with E-state index in [-0.39, 0.29) is 48.1 Å². The van der Waals surface area contributed by atoms with Gasteiger partial charge in [-0.25, -0.2) is 4.39 Å². The van der Waals surface area contributed by atoms with E-state index in [0.29, 0.717) is 25.4 Å². The van der Waals surface area contributed by atoms with Crippen molar-refractivity contribution in [1.82, 2.24) is 9.80 Å². The molecule has 1 amide bonds. The highest BCUT2D eigenvalue weighted by Crippen LogP contribution is 2.29. The van der Waals surface area contributed by atoms with Crippen LogP contribution in [0.1, 0.15) is 75.0 Å². The summed E-state index contributed by atoms with van der Waals surface area (Å²) in [5.41, 5.74) is 2.58. The molecule has 33 heavy (non-hydrogen) atoms. The molecule has 0 radical (unpaired) electrons. The van der Waals surface area contributed by atoms with Crippen LogP contribution in [0, 0.1) is 24.6 Å². The fourth-order valence-corrected chi connectivity index (χ4v) is 5.96. The van der Waals surface area contributed by atoms with E-state index in [9.17, 15) is 18.8 Å². The number of ketones is 2. The van der Waals surface area contributed by atoms with Crippen LogP contribution in [0.4, 0.5) is 4.39 Å². The van der Waals surface area contributed by atoms with Crippen LogP contribution in [-0.2, 0) is 27.3 Å². The zero-order valence-corrected chi connectivity index (χ0v) is 20.1. The molecule has 1 aromatic carbocycles. The molecule has 0 bridgehead atoms. The number of amides is 1. The molecule has 2 saturated carbocycles. The lowest BCUT2D eigenvalue weighted by atomic mass is 9.93. The van der Waals surface area contributed by atoms with Gasteiger partial charge in [0.05, 0.1) is 0 Å². The van der Waals surface area contributed by atoms with Crippen LogP contribution >= 0.6 is 0 Å². The topological polar surface area (TPSA) is 57.7 Å². The molecular weight excluding hydrogens is 419 g/mol. The van der Waals surface area contributed by atoms with Crippen molar-refractivity contribution in [3.63, 3.8) is 0 Å². The minimum atomic E-state index is -0.321. The predicted molar refractivity (Wildman–Crippen MR) is 125 cm³/mol. The Hall–Kier alpha value is -2.08. The summed E-state index contributed by atoms with van der Waals surface area (Å²) in [6.07, 6.45) is 7.06. The third-order valence-corrected chi connectivity index (χ3v) is 7.97. The monoisotopic (exact) mass is 456 g/mol. The molecule has 2 aliphatic carbocycles. The molecule has 1 heterocycles. The Labute approximate surface area is 196 Å². The summed E-state index contributed by atoms with van der Waals surface area (Å²) >= 11 is 0. The summed E-state index contributed by atoms with van der Waals surface area (Å²) < 4.78 is 14.5. The molecule has 1 aliphatic heterocycles. The van der Waals surface area contributed by atoms with E-state index in [0.717, 1.165) is 68.3 Å². The highest BCUT2D eigenvalue weighted by atomic mass is 19.1. The first-order valence-electron chi connectivity index (χ1n) is 12.7. The van der Waals surface area contributed by atoms with E-state index in [1.165, 1.54) is 6.07 Å². The van der Waals surface area contributed by atoms with Crippen LogP contribution in [0.3, 0.4) is 0 Å². The van der Waals surface area contributed by atoms with Crippen LogP contribution in [0.25, 0.3) is 0 Å². The minimum Gasteiger partial charge on any atom is -0.337 e. The van der Waals surface area contributed by atoms with Crippen LogP contribution in [0.5, 0.6) is 0 Å². The van der Waals surface area contributed by atoms with Gasteiger partial charge < -0.3 is 4.90 Å². The lowest BCUT2D eigenvalue weighted by Crippen LogP contribution is -2.54. The number of Topliss-reactive ketones (excluding diaryl/α,β-unsaturated/α-hetero) is 2. The normalized spacial score (nSPS) is 24.6. The smallest absolute Gasteiger partial charge is 0.226 e. The standard InChI is InChI=1S/C27H37FN2O3/c1-18-16-29(10-11-30(18)27(33)20-6-3-4-7-20)17-23-13-24(28)12-22(19(23)2)15-25(31)14-21-8-5-9-26(21)32/h12-13,18,20-21H,3-11,14-17H2,1-2H3/t18-,21?/m0/s1. The van der Waals surface area contributed by atoms with Gasteiger partial charge >= 0.3 is 0 Å². The molecule has 0 spiro atoms. The van der Waals surface area contributed by atoms with E-state index >= 15 is 0 Å². The SMILES string of the molecule is Cc1c(CC(=O)CC2CCCC2=O)cc(F)cc1CN1CCN(C(=O)C2CCCC2)[C@@H](C)C1. The largest absolute Gasteiger partial charge is 0.337 e. The molecular formula is C27H37FN2O3. The number of benzene rings is 1. The van der Waals surface area contributed by atoms with Gasteiger partial charge in [0.2, 0.25) is 5.91 Å². The molecule has 180 valence electrons. The minimum absolute atomic E-state index is 0.0163. The van der Waals surface area contributed by atoms with Crippen molar-refractivity contribution in [2.45, 2.75) is 84.2 Å². The van der Waals surface area contributed by atoms with Gasteiger partial charge in [0.15, 0.2) is 0 Å². The summed E-state index contributed by atoms with van der Waals surface area (Å²) in [7, 11) is 0. The average molecular weight is 457 g/mol. The number of piperazine rings is 1. The third kappa shape index (κ3) is 5.71. The molecule has 1 aromatic rings. The molecule has 4 rings (SSSR count). The fraction of sp³-hybridized carbons (Fsp3) is 0.667. The lowest BCUT2D eigenvalue weighted by molar-refractivity contribution is -0.140. The molecule has 3 aliphatic rings. The van der Waals surface area contributed by atoms with E-state index in [1.54, 1.807) is 6.07 Å². The highest BCUT2D eigenvalue weighted by Gasteiger charge is 2.33. The zero-order valence-electron chi connectivity index (χ0n) is 20.1. The van der Waals surface area contributed by atoms with Gasteiger partial charge in [0, 0.05) is 63.3 Å². The summed E-state index contributed by atoms with van der Waals surface area (Å²) in [6, 6.07) is 3.18. The highest BCUT2D eigenvalue weighted by molar-refractivity contribution is 5.90. The number of carbonyl (C=O) groups is 3. The van der Waals surface area contributed by atoms with Crippen molar-refractivity contribution < 1.29 is 18.8 Å². The van der Waals surface area contributed by atoms with Crippen molar-refractivity contribution in [2.24, 2.45) is 11.8 Å². The zero-order chi connectivity index (χ0) is 23.5. The second-order valence-corrected chi connectivity index (χ2v) is 10.4. The number of halogens is 1. The van der Waals surface area contributed by atoms with Gasteiger partial charge in [-0.1, -0.05) is 12.8 Å². The van der Waals surface area contributed by atoms with Crippen molar-refractivity contribution in [3.8, 4) is 0 Å². The Kier molecular flexibility index (Phi) is 7.62. The Morgan fingerprint density at radius 1 is 1.06 bits per heavy atom. The first kappa shape index (κ1) is 24.1. The van der Waals surface area contributed by atoms with Gasteiger partial charge in [0.1, 0.15) is 17.4 Å². The number of rotatable bonds is 7. The molecule has 5 nitrogen and oxygen atoms in total. The number of nitrogens with zero attached hydrogens (tertiary/aromatic N) is 2. The summed E-state index contributed by atoms with van der Waals surface area (Å²) in [6.45, 7) is 6.93. The van der Waals surface area contributed by atoms with E-state index in [1.807, 2.05) is 11.8 Å².